The fourth-order valence-electron chi connectivity index (χ4n) is 4.53. The van der Waals surface area contributed by atoms with Crippen LogP contribution in [0.2, 0.25) is 0 Å². The van der Waals surface area contributed by atoms with Gasteiger partial charge in [0.2, 0.25) is 0 Å². The van der Waals surface area contributed by atoms with E-state index in [4.69, 9.17) is 14.2 Å². The third kappa shape index (κ3) is 3.33. The van der Waals surface area contributed by atoms with Gasteiger partial charge in [-0.1, -0.05) is 65.9 Å². The minimum atomic E-state index is -0.625. The summed E-state index contributed by atoms with van der Waals surface area (Å²) in [5, 5.41) is 8.47. The highest BCUT2D eigenvalue weighted by molar-refractivity contribution is 5.70. The molecule has 2 aromatic heterocycles. The second-order valence-electron chi connectivity index (χ2n) is 8.11. The Morgan fingerprint density at radius 2 is 1.53 bits per heavy atom. The van der Waals surface area contributed by atoms with E-state index >= 15 is 0 Å². The first-order valence-corrected chi connectivity index (χ1v) is 10.7. The second kappa shape index (κ2) is 7.98. The highest BCUT2D eigenvalue weighted by Gasteiger charge is 2.50. The van der Waals surface area contributed by atoms with E-state index in [0.717, 1.165) is 11.1 Å². The molecule has 0 amide bonds. The molecule has 4 aromatic rings. The van der Waals surface area contributed by atoms with Crippen molar-refractivity contribution >= 4 is 11.2 Å². The Labute approximate surface area is 183 Å². The molecule has 4 atom stereocenters. The van der Waals surface area contributed by atoms with Crippen molar-refractivity contribution in [2.45, 2.75) is 44.3 Å². The molecule has 0 N–H and O–H groups in total. The summed E-state index contributed by atoms with van der Waals surface area (Å²) in [6, 6.07) is 23.1. The van der Waals surface area contributed by atoms with Gasteiger partial charge in [-0.2, -0.15) is 0 Å². The minimum absolute atomic E-state index is 0.177. The zero-order chi connectivity index (χ0) is 21.5. The predicted octanol–water partition coefficient (Wildman–Crippen LogP) is 2.67. The molecule has 0 radical (unpaired) electrons. The van der Waals surface area contributed by atoms with E-state index in [1.54, 1.807) is 15.3 Å². The summed E-state index contributed by atoms with van der Waals surface area (Å²) in [6.07, 6.45) is -1.78. The molecule has 2 aliphatic rings. The minimum Gasteiger partial charge on any atom is -0.368 e. The maximum Gasteiger partial charge on any atom is 0.254 e. The first kappa shape index (κ1) is 19.4. The van der Waals surface area contributed by atoms with Gasteiger partial charge >= 0.3 is 0 Å². The van der Waals surface area contributed by atoms with E-state index in [1.165, 1.54) is 6.07 Å². The summed E-state index contributed by atoms with van der Waals surface area (Å²) >= 11 is 0. The molecule has 8 heteroatoms. The van der Waals surface area contributed by atoms with Gasteiger partial charge in [-0.3, -0.25) is 9.36 Å². The lowest BCUT2D eigenvalue weighted by atomic mass is 10.1. The smallest absolute Gasteiger partial charge is 0.254 e. The Hall–Kier alpha value is -3.33. The van der Waals surface area contributed by atoms with Gasteiger partial charge < -0.3 is 14.2 Å². The topological polar surface area (TPSA) is 80.4 Å². The zero-order valence-electron chi connectivity index (χ0n) is 17.3. The van der Waals surface area contributed by atoms with E-state index in [-0.39, 0.29) is 17.8 Å². The fraction of sp³-hybridized carbons (Fsp3) is 0.292. The van der Waals surface area contributed by atoms with Gasteiger partial charge in [0.05, 0.1) is 19.8 Å². The van der Waals surface area contributed by atoms with Crippen molar-refractivity contribution in [3.63, 3.8) is 0 Å². The van der Waals surface area contributed by atoms with Crippen LogP contribution in [-0.4, -0.2) is 37.9 Å². The molecule has 0 unspecified atom stereocenters. The number of hydrogen-bond donors (Lipinski definition) is 0. The van der Waals surface area contributed by atoms with Gasteiger partial charge in [-0.15, -0.1) is 5.10 Å². The SMILES string of the molecule is O=c1ccc2nnn3c2n1[C@@H]1O[C@H](C3)[C@@H](OCc2ccccc2)[C@H]1OCc1ccccc1. The molecule has 4 heterocycles. The third-order valence-corrected chi connectivity index (χ3v) is 6.05. The molecule has 2 aromatic carbocycles. The predicted molar refractivity (Wildman–Crippen MR) is 116 cm³/mol. The normalized spacial score (nSPS) is 24.0. The summed E-state index contributed by atoms with van der Waals surface area (Å²) in [5.41, 5.74) is 3.24. The van der Waals surface area contributed by atoms with E-state index < -0.39 is 12.3 Å². The lowest BCUT2D eigenvalue weighted by molar-refractivity contribution is -0.0909. The van der Waals surface area contributed by atoms with Crippen LogP contribution in [0, 0.1) is 0 Å². The van der Waals surface area contributed by atoms with Crippen molar-refractivity contribution in [2.75, 3.05) is 0 Å². The number of aromatic nitrogens is 4. The Kier molecular flexibility index (Phi) is 4.83. The second-order valence-corrected chi connectivity index (χ2v) is 8.11. The van der Waals surface area contributed by atoms with E-state index in [2.05, 4.69) is 10.3 Å². The number of ether oxygens (including phenoxy) is 3. The van der Waals surface area contributed by atoms with Gasteiger partial charge in [0, 0.05) is 6.07 Å². The molecule has 0 saturated carbocycles. The van der Waals surface area contributed by atoms with Crippen LogP contribution in [0.5, 0.6) is 0 Å². The molecule has 8 nitrogen and oxygen atoms in total. The van der Waals surface area contributed by atoms with E-state index in [9.17, 15) is 4.79 Å². The summed E-state index contributed by atoms with van der Waals surface area (Å²) in [7, 11) is 0. The standard InChI is InChI=1S/C24H22N4O4/c29-20-12-11-18-23-27(26-25-18)13-19-21(30-14-16-7-3-1-4-8-16)22(24(32-19)28(20)23)31-15-17-9-5-2-6-10-17/h1-12,19,21-22,24H,13-15H2/t19-,21-,22-,24-/m1/s1. The molecule has 2 bridgehead atoms. The summed E-state index contributed by atoms with van der Waals surface area (Å²) in [6.45, 7) is 1.25. The van der Waals surface area contributed by atoms with Crippen molar-refractivity contribution in [2.24, 2.45) is 0 Å². The summed E-state index contributed by atoms with van der Waals surface area (Å²) in [4.78, 5) is 12.9. The quantitative estimate of drug-likeness (QED) is 0.468. The average Bonchev–Trinajstić information content (AvgIpc) is 3.33. The first-order valence-electron chi connectivity index (χ1n) is 10.7. The number of hydrogen-bond acceptors (Lipinski definition) is 6. The number of pyridine rings is 1. The van der Waals surface area contributed by atoms with Crippen LogP contribution in [0.3, 0.4) is 0 Å². The summed E-state index contributed by atoms with van der Waals surface area (Å²) in [5.74, 6) is 0. The molecule has 1 saturated heterocycles. The van der Waals surface area contributed by atoms with Crippen molar-refractivity contribution in [1.82, 2.24) is 19.6 Å². The monoisotopic (exact) mass is 430 g/mol. The molecule has 1 fully saturated rings. The van der Waals surface area contributed by atoms with Crippen LogP contribution in [0.1, 0.15) is 17.4 Å². The molecule has 32 heavy (non-hydrogen) atoms. The van der Waals surface area contributed by atoms with Gasteiger partial charge in [0.15, 0.2) is 11.9 Å². The van der Waals surface area contributed by atoms with Crippen LogP contribution in [-0.2, 0) is 34.0 Å². The highest BCUT2D eigenvalue weighted by atomic mass is 16.6. The number of rotatable bonds is 6. The van der Waals surface area contributed by atoms with Gasteiger partial charge in [0.25, 0.3) is 5.56 Å². The Morgan fingerprint density at radius 1 is 0.875 bits per heavy atom. The molecule has 2 aliphatic heterocycles. The van der Waals surface area contributed by atoms with Crippen molar-refractivity contribution in [3.8, 4) is 0 Å². The van der Waals surface area contributed by atoms with E-state index in [0.29, 0.717) is 30.9 Å². The van der Waals surface area contributed by atoms with E-state index in [1.807, 2.05) is 60.7 Å². The van der Waals surface area contributed by atoms with Crippen LogP contribution < -0.4 is 5.56 Å². The number of benzene rings is 2. The maximum atomic E-state index is 12.9. The lowest BCUT2D eigenvalue weighted by Crippen LogP contribution is -2.41. The van der Waals surface area contributed by atoms with Gasteiger partial charge in [-0.05, 0) is 17.2 Å². The van der Waals surface area contributed by atoms with Crippen LogP contribution in [0.25, 0.3) is 11.2 Å². The largest absolute Gasteiger partial charge is 0.368 e. The maximum absolute atomic E-state index is 12.9. The third-order valence-electron chi connectivity index (χ3n) is 6.05. The van der Waals surface area contributed by atoms with Crippen molar-refractivity contribution in [3.05, 3.63) is 94.3 Å². The molecule has 6 rings (SSSR count). The zero-order valence-corrected chi connectivity index (χ0v) is 17.3. The lowest BCUT2D eigenvalue weighted by Gasteiger charge is -2.27. The Balaban J connectivity index is 1.36. The van der Waals surface area contributed by atoms with Crippen LogP contribution in [0.4, 0.5) is 0 Å². The molecule has 162 valence electrons. The van der Waals surface area contributed by atoms with Gasteiger partial charge in [0.1, 0.15) is 23.8 Å². The van der Waals surface area contributed by atoms with Crippen LogP contribution in [0.15, 0.2) is 77.6 Å². The average molecular weight is 430 g/mol. The molecule has 0 aliphatic carbocycles. The number of nitrogens with zero attached hydrogens (tertiary/aromatic N) is 4. The Morgan fingerprint density at radius 3 is 2.22 bits per heavy atom. The van der Waals surface area contributed by atoms with Crippen molar-refractivity contribution < 1.29 is 14.2 Å². The summed E-state index contributed by atoms with van der Waals surface area (Å²) < 4.78 is 22.4. The molecular weight excluding hydrogens is 408 g/mol. The van der Waals surface area contributed by atoms with Gasteiger partial charge in [-0.25, -0.2) is 4.68 Å². The highest BCUT2D eigenvalue weighted by Crippen LogP contribution is 2.38. The van der Waals surface area contributed by atoms with Crippen LogP contribution >= 0.6 is 0 Å². The Bertz CT molecular complexity index is 1290. The number of fused-ring (bicyclic) bond motifs is 3. The van der Waals surface area contributed by atoms with Crippen molar-refractivity contribution in [1.29, 1.82) is 0 Å². The molecule has 0 spiro atoms. The molecular formula is C24H22N4O4. The fourth-order valence-corrected chi connectivity index (χ4v) is 4.53. The first-order chi connectivity index (χ1) is 15.8.